The van der Waals surface area contributed by atoms with Crippen LogP contribution < -0.4 is 15.6 Å². The van der Waals surface area contributed by atoms with Gasteiger partial charge in [0.05, 0.1) is 25.0 Å². The van der Waals surface area contributed by atoms with Gasteiger partial charge in [-0.2, -0.15) is 5.10 Å². The molecule has 1 aliphatic heterocycles. The van der Waals surface area contributed by atoms with Crippen molar-refractivity contribution in [1.29, 1.82) is 0 Å². The first-order chi connectivity index (χ1) is 11.6. The van der Waals surface area contributed by atoms with Crippen molar-refractivity contribution < 1.29 is 14.3 Å². The lowest BCUT2D eigenvalue weighted by Gasteiger charge is -2.09. The first kappa shape index (κ1) is 16.2. The lowest BCUT2D eigenvalue weighted by atomic mass is 10.2. The second kappa shape index (κ2) is 6.84. The largest absolute Gasteiger partial charge is 0.494 e. The van der Waals surface area contributed by atoms with Crippen LogP contribution in [0, 0.1) is 0 Å². The molecule has 1 amide bonds. The summed E-state index contributed by atoms with van der Waals surface area (Å²) in [4.78, 5) is 24.2. The third-order valence-corrected chi connectivity index (χ3v) is 3.73. The summed E-state index contributed by atoms with van der Waals surface area (Å²) in [5, 5.41) is 6.99. The van der Waals surface area contributed by atoms with Gasteiger partial charge in [-0.3, -0.25) is 9.59 Å². The van der Waals surface area contributed by atoms with E-state index in [4.69, 9.17) is 9.47 Å². The summed E-state index contributed by atoms with van der Waals surface area (Å²) >= 11 is 0. The molecule has 7 nitrogen and oxygen atoms in total. The van der Waals surface area contributed by atoms with Gasteiger partial charge < -0.3 is 14.8 Å². The average molecular weight is 329 g/mol. The molecule has 1 aromatic carbocycles. The van der Waals surface area contributed by atoms with Crippen molar-refractivity contribution in [2.24, 2.45) is 0 Å². The molecule has 3 rings (SSSR count). The smallest absolute Gasteiger partial charge is 0.267 e. The highest BCUT2D eigenvalue weighted by Crippen LogP contribution is 2.26. The van der Waals surface area contributed by atoms with Crippen molar-refractivity contribution in [2.75, 3.05) is 11.9 Å². The number of nitrogens with one attached hydrogen (secondary N) is 1. The summed E-state index contributed by atoms with van der Waals surface area (Å²) in [6, 6.07) is 8.53. The molecule has 0 radical (unpaired) electrons. The molecular formula is C17H19N3O4. The van der Waals surface area contributed by atoms with E-state index in [0.29, 0.717) is 24.6 Å². The standard InChI is InChI=1S/C17H19N3O4/c1-3-23-14-6-4-13(5-7-14)18-15(21)9-20-16(22)8-12-10-24-11(2)17(12)19-20/h4-8,11H,3,9-10H2,1-2H3,(H,18,21). The molecule has 24 heavy (non-hydrogen) atoms. The van der Waals surface area contributed by atoms with E-state index in [0.717, 1.165) is 16.0 Å². The number of benzene rings is 1. The number of hydrogen-bond donors (Lipinski definition) is 1. The van der Waals surface area contributed by atoms with E-state index < -0.39 is 0 Å². The van der Waals surface area contributed by atoms with Crippen LogP contribution in [-0.2, 0) is 22.7 Å². The molecule has 0 bridgehead atoms. The van der Waals surface area contributed by atoms with Crippen LogP contribution in [0.4, 0.5) is 5.69 Å². The number of hydrogen-bond acceptors (Lipinski definition) is 5. The van der Waals surface area contributed by atoms with E-state index in [1.54, 1.807) is 24.3 Å². The number of anilines is 1. The lowest BCUT2D eigenvalue weighted by Crippen LogP contribution is -2.30. The van der Waals surface area contributed by atoms with E-state index in [-0.39, 0.29) is 24.1 Å². The number of carbonyl (C=O) groups excluding carboxylic acids is 1. The summed E-state index contributed by atoms with van der Waals surface area (Å²) in [6.45, 7) is 4.60. The number of aromatic nitrogens is 2. The van der Waals surface area contributed by atoms with Crippen molar-refractivity contribution in [3.63, 3.8) is 0 Å². The summed E-state index contributed by atoms with van der Waals surface area (Å²) in [6.07, 6.45) is -0.166. The van der Waals surface area contributed by atoms with Crippen LogP contribution in [0.5, 0.6) is 5.75 Å². The molecule has 126 valence electrons. The molecule has 0 saturated heterocycles. The number of carbonyl (C=O) groups is 1. The van der Waals surface area contributed by atoms with E-state index >= 15 is 0 Å². The Morgan fingerprint density at radius 3 is 2.88 bits per heavy atom. The number of ether oxygens (including phenoxy) is 2. The molecular weight excluding hydrogens is 310 g/mol. The zero-order valence-electron chi connectivity index (χ0n) is 13.6. The van der Waals surface area contributed by atoms with E-state index in [1.807, 2.05) is 13.8 Å². The van der Waals surface area contributed by atoms with Gasteiger partial charge in [-0.1, -0.05) is 0 Å². The third-order valence-electron chi connectivity index (χ3n) is 3.73. The SMILES string of the molecule is CCOc1ccc(NC(=O)Cn2nc3c(cc2=O)COC3C)cc1. The molecule has 2 heterocycles. The Hall–Kier alpha value is -2.67. The quantitative estimate of drug-likeness (QED) is 0.905. The predicted molar refractivity (Wildman–Crippen MR) is 87.9 cm³/mol. The number of fused-ring (bicyclic) bond motifs is 1. The van der Waals surface area contributed by atoms with Crippen LogP contribution in [0.15, 0.2) is 35.1 Å². The molecule has 1 unspecified atom stereocenters. The molecule has 0 fully saturated rings. The van der Waals surface area contributed by atoms with Crippen molar-refractivity contribution in [1.82, 2.24) is 9.78 Å². The summed E-state index contributed by atoms with van der Waals surface area (Å²) in [5.41, 5.74) is 1.82. The van der Waals surface area contributed by atoms with Gasteiger partial charge in [0, 0.05) is 17.3 Å². The van der Waals surface area contributed by atoms with Crippen molar-refractivity contribution in [3.8, 4) is 5.75 Å². The van der Waals surface area contributed by atoms with Gasteiger partial charge >= 0.3 is 0 Å². The fraction of sp³-hybridized carbons (Fsp3) is 0.353. The molecule has 0 aliphatic carbocycles. The summed E-state index contributed by atoms with van der Waals surface area (Å²) < 4.78 is 11.9. The minimum atomic E-state index is -0.319. The maximum absolute atomic E-state index is 12.2. The van der Waals surface area contributed by atoms with Crippen LogP contribution in [0.25, 0.3) is 0 Å². The van der Waals surface area contributed by atoms with Crippen LogP contribution in [0.3, 0.4) is 0 Å². The van der Waals surface area contributed by atoms with E-state index in [1.165, 1.54) is 6.07 Å². The zero-order valence-corrected chi connectivity index (χ0v) is 13.6. The second-order valence-corrected chi connectivity index (χ2v) is 5.51. The summed E-state index contributed by atoms with van der Waals surface area (Å²) in [5.74, 6) is 0.418. The zero-order chi connectivity index (χ0) is 17.1. The first-order valence-electron chi connectivity index (χ1n) is 7.82. The monoisotopic (exact) mass is 329 g/mol. The van der Waals surface area contributed by atoms with Crippen LogP contribution >= 0.6 is 0 Å². The average Bonchev–Trinajstić information content (AvgIpc) is 2.90. The molecule has 0 spiro atoms. The van der Waals surface area contributed by atoms with Gasteiger partial charge in [-0.05, 0) is 38.1 Å². The van der Waals surface area contributed by atoms with Gasteiger partial charge in [0.15, 0.2) is 0 Å². The lowest BCUT2D eigenvalue weighted by molar-refractivity contribution is -0.117. The first-order valence-corrected chi connectivity index (χ1v) is 7.82. The number of nitrogens with zero attached hydrogens (tertiary/aromatic N) is 2. The van der Waals surface area contributed by atoms with Crippen LogP contribution in [0.2, 0.25) is 0 Å². The van der Waals surface area contributed by atoms with Crippen molar-refractivity contribution in [3.05, 3.63) is 51.9 Å². The minimum Gasteiger partial charge on any atom is -0.494 e. The maximum atomic E-state index is 12.2. The topological polar surface area (TPSA) is 82.5 Å². The predicted octanol–water partition coefficient (Wildman–Crippen LogP) is 1.87. The van der Waals surface area contributed by atoms with E-state index in [9.17, 15) is 9.59 Å². The second-order valence-electron chi connectivity index (χ2n) is 5.51. The number of rotatable bonds is 5. The Kier molecular flexibility index (Phi) is 4.61. The molecule has 1 aliphatic rings. The van der Waals surface area contributed by atoms with Crippen LogP contribution in [-0.4, -0.2) is 22.3 Å². The van der Waals surface area contributed by atoms with Gasteiger partial charge in [-0.25, -0.2) is 4.68 Å². The highest BCUT2D eigenvalue weighted by Gasteiger charge is 2.23. The normalized spacial score (nSPS) is 15.8. The van der Waals surface area contributed by atoms with Gasteiger partial charge in [0.1, 0.15) is 12.3 Å². The highest BCUT2D eigenvalue weighted by atomic mass is 16.5. The van der Waals surface area contributed by atoms with E-state index in [2.05, 4.69) is 10.4 Å². The Morgan fingerprint density at radius 2 is 2.17 bits per heavy atom. The van der Waals surface area contributed by atoms with Gasteiger partial charge in [-0.15, -0.1) is 0 Å². The Morgan fingerprint density at radius 1 is 1.42 bits per heavy atom. The molecule has 1 N–H and O–H groups in total. The Bertz CT molecular complexity index is 798. The maximum Gasteiger partial charge on any atom is 0.267 e. The third kappa shape index (κ3) is 3.46. The fourth-order valence-corrected chi connectivity index (χ4v) is 2.54. The Balaban J connectivity index is 1.69. The molecule has 2 aromatic rings. The van der Waals surface area contributed by atoms with Crippen molar-refractivity contribution in [2.45, 2.75) is 33.1 Å². The highest BCUT2D eigenvalue weighted by molar-refractivity contribution is 5.90. The molecule has 7 heteroatoms. The minimum absolute atomic E-state index is 0.147. The summed E-state index contributed by atoms with van der Waals surface area (Å²) in [7, 11) is 0. The molecule has 0 saturated carbocycles. The Labute approximate surface area is 139 Å². The van der Waals surface area contributed by atoms with Gasteiger partial charge in [0.2, 0.25) is 5.91 Å². The van der Waals surface area contributed by atoms with Gasteiger partial charge in [0.25, 0.3) is 5.56 Å². The molecule has 1 atom stereocenters. The fourth-order valence-electron chi connectivity index (χ4n) is 2.54. The molecule has 1 aromatic heterocycles. The van der Waals surface area contributed by atoms with Crippen molar-refractivity contribution >= 4 is 11.6 Å². The number of amides is 1. The van der Waals surface area contributed by atoms with Crippen LogP contribution in [0.1, 0.15) is 31.2 Å².